The van der Waals surface area contributed by atoms with Crippen LogP contribution in [-0.2, 0) is 16.1 Å². The number of nitrogens with zero attached hydrogens (tertiary/aromatic N) is 1. The molecule has 7 heteroatoms. The number of aromatic nitrogens is 1. The van der Waals surface area contributed by atoms with E-state index in [9.17, 15) is 14.7 Å². The Balaban J connectivity index is 1.92. The molecule has 0 saturated heterocycles. The Hall–Kier alpha value is -2.99. The largest absolute Gasteiger partial charge is 0.479 e. The normalized spacial score (nSPS) is 12.0. The number of ether oxygens (including phenoxy) is 2. The van der Waals surface area contributed by atoms with Gasteiger partial charge in [-0.25, -0.2) is 9.59 Å². The third-order valence-electron chi connectivity index (χ3n) is 5.08. The smallest absolute Gasteiger partial charge is 0.346 e. The Morgan fingerprint density at radius 2 is 1.90 bits per heavy atom. The number of carbonyl (C=O) groups excluding carboxylic acids is 1. The predicted octanol–water partition coefficient (Wildman–Crippen LogP) is 4.60. The summed E-state index contributed by atoms with van der Waals surface area (Å²) < 4.78 is 12.3. The SMILES string of the molecule is COC(=O)[C@@H](C)Oc1ccc(Cn2c(C)c(C)c3cc(C(=O)O)ccc32)c(Cl)c1. The minimum atomic E-state index is -0.948. The van der Waals surface area contributed by atoms with Crippen LogP contribution in [0, 0.1) is 13.8 Å². The second-order valence-electron chi connectivity index (χ2n) is 6.87. The van der Waals surface area contributed by atoms with Crippen molar-refractivity contribution < 1.29 is 24.2 Å². The molecule has 1 aromatic heterocycles. The van der Waals surface area contributed by atoms with Crippen molar-refractivity contribution in [3.8, 4) is 5.75 Å². The number of hydrogen-bond donors (Lipinski definition) is 1. The minimum absolute atomic E-state index is 0.261. The standard InChI is InChI=1S/C22H22ClNO5/c1-12-13(2)24(20-8-6-15(21(25)26)9-18(12)20)11-16-5-7-17(10-19(16)23)29-14(3)22(27)28-4/h5-10,14H,11H2,1-4H3,(H,25,26)/t14-/m1/s1. The molecule has 3 aromatic rings. The number of esters is 1. The molecule has 1 heterocycles. The molecule has 0 unspecified atom stereocenters. The maximum atomic E-state index is 11.5. The second-order valence-corrected chi connectivity index (χ2v) is 7.28. The van der Waals surface area contributed by atoms with Gasteiger partial charge in [-0.2, -0.15) is 0 Å². The number of carboxylic acid groups (broad SMARTS) is 1. The van der Waals surface area contributed by atoms with Crippen LogP contribution in [0.25, 0.3) is 10.9 Å². The summed E-state index contributed by atoms with van der Waals surface area (Å²) in [4.78, 5) is 22.8. The van der Waals surface area contributed by atoms with E-state index in [4.69, 9.17) is 16.3 Å². The summed E-state index contributed by atoms with van der Waals surface area (Å²) in [6.07, 6.45) is -0.733. The van der Waals surface area contributed by atoms with E-state index in [0.717, 1.165) is 27.7 Å². The number of benzene rings is 2. The molecule has 1 N–H and O–H groups in total. The summed E-state index contributed by atoms with van der Waals surface area (Å²) in [5.41, 5.74) is 4.16. The zero-order valence-corrected chi connectivity index (χ0v) is 17.4. The Morgan fingerprint density at radius 3 is 2.52 bits per heavy atom. The van der Waals surface area contributed by atoms with Crippen molar-refractivity contribution in [3.05, 3.63) is 63.8 Å². The fraction of sp³-hybridized carbons (Fsp3) is 0.273. The van der Waals surface area contributed by atoms with Crippen molar-refractivity contribution in [2.24, 2.45) is 0 Å². The highest BCUT2D eigenvalue weighted by molar-refractivity contribution is 6.31. The average Bonchev–Trinajstić information content (AvgIpc) is 2.93. The van der Waals surface area contributed by atoms with E-state index in [-0.39, 0.29) is 5.56 Å². The Labute approximate surface area is 173 Å². The van der Waals surface area contributed by atoms with Gasteiger partial charge in [0.2, 0.25) is 0 Å². The van der Waals surface area contributed by atoms with Crippen molar-refractivity contribution in [1.29, 1.82) is 0 Å². The van der Waals surface area contributed by atoms with E-state index >= 15 is 0 Å². The third-order valence-corrected chi connectivity index (χ3v) is 5.44. The lowest BCUT2D eigenvalue weighted by molar-refractivity contribution is -0.147. The monoisotopic (exact) mass is 415 g/mol. The first-order chi connectivity index (χ1) is 13.7. The van der Waals surface area contributed by atoms with Gasteiger partial charge in [-0.1, -0.05) is 17.7 Å². The van der Waals surface area contributed by atoms with Crippen molar-refractivity contribution in [2.45, 2.75) is 33.4 Å². The van der Waals surface area contributed by atoms with Crippen LogP contribution in [-0.4, -0.2) is 34.8 Å². The van der Waals surface area contributed by atoms with Gasteiger partial charge < -0.3 is 19.1 Å². The van der Waals surface area contributed by atoms with E-state index in [1.54, 1.807) is 31.2 Å². The highest BCUT2D eigenvalue weighted by Gasteiger charge is 2.17. The molecule has 0 amide bonds. The fourth-order valence-electron chi connectivity index (χ4n) is 3.30. The van der Waals surface area contributed by atoms with Crippen LogP contribution in [0.5, 0.6) is 5.75 Å². The molecule has 6 nitrogen and oxygen atoms in total. The van der Waals surface area contributed by atoms with Gasteiger partial charge in [0.05, 0.1) is 12.7 Å². The molecule has 152 valence electrons. The van der Waals surface area contributed by atoms with Crippen LogP contribution in [0.4, 0.5) is 0 Å². The molecule has 0 saturated carbocycles. The van der Waals surface area contributed by atoms with Gasteiger partial charge in [-0.15, -0.1) is 0 Å². The molecular weight excluding hydrogens is 394 g/mol. The topological polar surface area (TPSA) is 77.8 Å². The zero-order chi connectivity index (χ0) is 21.3. The number of hydrogen-bond acceptors (Lipinski definition) is 4. The van der Waals surface area contributed by atoms with E-state index in [1.165, 1.54) is 7.11 Å². The summed E-state index contributed by atoms with van der Waals surface area (Å²) in [5, 5.41) is 10.7. The number of carbonyl (C=O) groups is 2. The van der Waals surface area contributed by atoms with Crippen molar-refractivity contribution in [2.75, 3.05) is 7.11 Å². The molecule has 0 radical (unpaired) electrons. The summed E-state index contributed by atoms with van der Waals surface area (Å²) >= 11 is 6.47. The summed E-state index contributed by atoms with van der Waals surface area (Å²) in [6, 6.07) is 10.4. The quantitative estimate of drug-likeness (QED) is 0.595. The molecular formula is C22H22ClNO5. The van der Waals surface area contributed by atoms with Crippen molar-refractivity contribution in [3.63, 3.8) is 0 Å². The summed E-state index contributed by atoms with van der Waals surface area (Å²) in [7, 11) is 1.31. The lowest BCUT2D eigenvalue weighted by atomic mass is 10.1. The fourth-order valence-corrected chi connectivity index (χ4v) is 3.53. The van der Waals surface area contributed by atoms with Gasteiger partial charge in [0.25, 0.3) is 0 Å². The first-order valence-corrected chi connectivity index (χ1v) is 9.46. The lowest BCUT2D eigenvalue weighted by Crippen LogP contribution is -2.24. The molecule has 3 rings (SSSR count). The molecule has 2 aromatic carbocycles. The highest BCUT2D eigenvalue weighted by atomic mass is 35.5. The first kappa shape index (κ1) is 20.7. The van der Waals surface area contributed by atoms with Crippen LogP contribution >= 0.6 is 11.6 Å². The van der Waals surface area contributed by atoms with Gasteiger partial charge >= 0.3 is 11.9 Å². The molecule has 0 fully saturated rings. The van der Waals surface area contributed by atoms with Gasteiger partial charge in [0.15, 0.2) is 6.10 Å². The maximum absolute atomic E-state index is 11.5. The van der Waals surface area contributed by atoms with Gasteiger partial charge in [0.1, 0.15) is 5.75 Å². The van der Waals surface area contributed by atoms with Gasteiger partial charge in [-0.05, 0) is 62.2 Å². The van der Waals surface area contributed by atoms with E-state index < -0.39 is 18.0 Å². The van der Waals surface area contributed by atoms with Crippen molar-refractivity contribution in [1.82, 2.24) is 4.57 Å². The van der Waals surface area contributed by atoms with Crippen molar-refractivity contribution >= 4 is 34.4 Å². The Morgan fingerprint density at radius 1 is 1.17 bits per heavy atom. The van der Waals surface area contributed by atoms with Crippen LogP contribution in [0.3, 0.4) is 0 Å². The predicted molar refractivity (Wildman–Crippen MR) is 111 cm³/mol. The van der Waals surface area contributed by atoms with Crippen LogP contribution in [0.1, 0.15) is 34.1 Å². The van der Waals surface area contributed by atoms with Gasteiger partial charge in [0, 0.05) is 28.2 Å². The molecule has 0 aliphatic rings. The first-order valence-electron chi connectivity index (χ1n) is 9.08. The molecule has 0 aliphatic heterocycles. The number of aromatic carboxylic acids is 1. The molecule has 0 bridgehead atoms. The summed E-state index contributed by atoms with van der Waals surface area (Å²) in [6.45, 7) is 6.11. The number of aryl methyl sites for hydroxylation is 1. The third kappa shape index (κ3) is 4.07. The molecule has 0 aliphatic carbocycles. The maximum Gasteiger partial charge on any atom is 0.346 e. The highest BCUT2D eigenvalue weighted by Crippen LogP contribution is 2.30. The Kier molecular flexibility index (Phi) is 5.84. The van der Waals surface area contributed by atoms with Crippen LogP contribution < -0.4 is 4.74 Å². The molecule has 0 spiro atoms. The van der Waals surface area contributed by atoms with Gasteiger partial charge in [-0.3, -0.25) is 0 Å². The zero-order valence-electron chi connectivity index (χ0n) is 16.7. The summed E-state index contributed by atoms with van der Waals surface area (Å²) in [5.74, 6) is -0.930. The van der Waals surface area contributed by atoms with Crippen LogP contribution in [0.2, 0.25) is 5.02 Å². The molecule has 29 heavy (non-hydrogen) atoms. The average molecular weight is 416 g/mol. The second kappa shape index (κ2) is 8.17. The number of methoxy groups -OCH3 is 1. The number of rotatable bonds is 6. The number of carboxylic acids is 1. The minimum Gasteiger partial charge on any atom is -0.479 e. The lowest BCUT2D eigenvalue weighted by Gasteiger charge is -2.15. The van der Waals surface area contributed by atoms with Crippen LogP contribution in [0.15, 0.2) is 36.4 Å². The number of halogens is 1. The number of fused-ring (bicyclic) bond motifs is 1. The van der Waals surface area contributed by atoms with E-state index in [2.05, 4.69) is 9.30 Å². The molecule has 1 atom stereocenters. The van der Waals surface area contributed by atoms with E-state index in [1.807, 2.05) is 26.0 Å². The van der Waals surface area contributed by atoms with E-state index in [0.29, 0.717) is 17.3 Å². The Bertz CT molecular complexity index is 1100.